The molecule has 0 aliphatic heterocycles. The Morgan fingerprint density at radius 3 is 2.74 bits per heavy atom. The van der Waals surface area contributed by atoms with Crippen LogP contribution in [0, 0.1) is 0 Å². The van der Waals surface area contributed by atoms with Crippen LogP contribution in [-0.2, 0) is 16.6 Å². The lowest BCUT2D eigenvalue weighted by Crippen LogP contribution is -2.28. The standard InChI is InChI=1S/C14H20N2O2S/c1-3-10-16(2)19(17,18)14-7-5-4-6-12(14)11-15-13-8-9-13/h3-7,13,15H,1,8-11H2,2H3. The first kappa shape index (κ1) is 14.2. The number of hydrogen-bond acceptors (Lipinski definition) is 3. The van der Waals surface area contributed by atoms with Gasteiger partial charge in [0.05, 0.1) is 4.90 Å². The molecule has 1 aromatic carbocycles. The van der Waals surface area contributed by atoms with Crippen molar-refractivity contribution in [3.63, 3.8) is 0 Å². The Balaban J connectivity index is 2.24. The van der Waals surface area contributed by atoms with Crippen LogP contribution in [0.4, 0.5) is 0 Å². The average Bonchev–Trinajstić information content (AvgIpc) is 3.21. The largest absolute Gasteiger partial charge is 0.310 e. The summed E-state index contributed by atoms with van der Waals surface area (Å²) >= 11 is 0. The molecule has 0 atom stereocenters. The van der Waals surface area contributed by atoms with Gasteiger partial charge in [0, 0.05) is 26.2 Å². The maximum atomic E-state index is 12.5. The molecule has 0 spiro atoms. The van der Waals surface area contributed by atoms with Gasteiger partial charge in [0.25, 0.3) is 0 Å². The van der Waals surface area contributed by atoms with Gasteiger partial charge in [-0.2, -0.15) is 4.31 Å². The van der Waals surface area contributed by atoms with Crippen molar-refractivity contribution in [3.05, 3.63) is 42.5 Å². The van der Waals surface area contributed by atoms with Gasteiger partial charge in [0.1, 0.15) is 0 Å². The quantitative estimate of drug-likeness (QED) is 0.774. The van der Waals surface area contributed by atoms with Crippen LogP contribution in [0.25, 0.3) is 0 Å². The monoisotopic (exact) mass is 280 g/mol. The van der Waals surface area contributed by atoms with E-state index in [9.17, 15) is 8.42 Å². The molecule has 5 heteroatoms. The highest BCUT2D eigenvalue weighted by Crippen LogP contribution is 2.22. The van der Waals surface area contributed by atoms with E-state index < -0.39 is 10.0 Å². The first-order valence-corrected chi connectivity index (χ1v) is 7.88. The topological polar surface area (TPSA) is 49.4 Å². The zero-order valence-corrected chi connectivity index (χ0v) is 12.0. The van der Waals surface area contributed by atoms with Crippen LogP contribution in [0.2, 0.25) is 0 Å². The molecule has 0 saturated heterocycles. The lowest BCUT2D eigenvalue weighted by atomic mass is 10.2. The summed E-state index contributed by atoms with van der Waals surface area (Å²) in [4.78, 5) is 0.382. The molecule has 19 heavy (non-hydrogen) atoms. The maximum absolute atomic E-state index is 12.5. The Bertz CT molecular complexity index is 550. The fourth-order valence-electron chi connectivity index (χ4n) is 1.89. The Morgan fingerprint density at radius 2 is 2.11 bits per heavy atom. The van der Waals surface area contributed by atoms with Crippen LogP contribution >= 0.6 is 0 Å². The van der Waals surface area contributed by atoms with E-state index in [4.69, 9.17) is 0 Å². The van der Waals surface area contributed by atoms with Crippen LogP contribution in [0.5, 0.6) is 0 Å². The predicted molar refractivity (Wildman–Crippen MR) is 76.3 cm³/mol. The molecule has 0 aromatic heterocycles. The Morgan fingerprint density at radius 1 is 1.42 bits per heavy atom. The summed E-state index contributed by atoms with van der Waals surface area (Å²) in [7, 11) is -1.87. The molecule has 1 fully saturated rings. The van der Waals surface area contributed by atoms with E-state index in [1.807, 2.05) is 12.1 Å². The van der Waals surface area contributed by atoms with Crippen LogP contribution in [-0.4, -0.2) is 32.4 Å². The van der Waals surface area contributed by atoms with Gasteiger partial charge in [-0.25, -0.2) is 8.42 Å². The highest BCUT2D eigenvalue weighted by molar-refractivity contribution is 7.89. The smallest absolute Gasteiger partial charge is 0.243 e. The molecule has 4 nitrogen and oxygen atoms in total. The van der Waals surface area contributed by atoms with Gasteiger partial charge in [0.15, 0.2) is 0 Å². The maximum Gasteiger partial charge on any atom is 0.243 e. The summed E-state index contributed by atoms with van der Waals surface area (Å²) < 4.78 is 26.2. The van der Waals surface area contributed by atoms with E-state index in [0.29, 0.717) is 24.0 Å². The third-order valence-electron chi connectivity index (χ3n) is 3.21. The van der Waals surface area contributed by atoms with Gasteiger partial charge < -0.3 is 5.32 Å². The van der Waals surface area contributed by atoms with E-state index in [1.165, 1.54) is 17.1 Å². The first-order chi connectivity index (χ1) is 9.05. The van der Waals surface area contributed by atoms with Gasteiger partial charge in [-0.15, -0.1) is 6.58 Å². The van der Waals surface area contributed by atoms with Crippen LogP contribution in [0.3, 0.4) is 0 Å². The van der Waals surface area contributed by atoms with Crippen molar-refractivity contribution in [2.75, 3.05) is 13.6 Å². The van der Waals surface area contributed by atoms with E-state index in [-0.39, 0.29) is 0 Å². The SMILES string of the molecule is C=CCN(C)S(=O)(=O)c1ccccc1CNC1CC1. The lowest BCUT2D eigenvalue weighted by Gasteiger charge is -2.18. The van der Waals surface area contributed by atoms with Crippen molar-refractivity contribution < 1.29 is 8.42 Å². The Hall–Kier alpha value is -1.17. The molecule has 0 radical (unpaired) electrons. The van der Waals surface area contributed by atoms with E-state index >= 15 is 0 Å². The van der Waals surface area contributed by atoms with Crippen molar-refractivity contribution in [3.8, 4) is 0 Å². The number of hydrogen-bond donors (Lipinski definition) is 1. The number of nitrogens with zero attached hydrogens (tertiary/aromatic N) is 1. The van der Waals surface area contributed by atoms with Gasteiger partial charge in [-0.1, -0.05) is 24.3 Å². The summed E-state index contributed by atoms with van der Waals surface area (Å²) in [5, 5.41) is 3.35. The predicted octanol–water partition coefficient (Wildman–Crippen LogP) is 1.75. The molecule has 1 N–H and O–H groups in total. The number of likely N-dealkylation sites (N-methyl/N-ethyl adjacent to an activating group) is 1. The molecule has 1 aromatic rings. The summed E-state index contributed by atoms with van der Waals surface area (Å²) in [5.41, 5.74) is 0.824. The lowest BCUT2D eigenvalue weighted by molar-refractivity contribution is 0.497. The van der Waals surface area contributed by atoms with Crippen LogP contribution in [0.15, 0.2) is 41.8 Å². The van der Waals surface area contributed by atoms with Crippen LogP contribution < -0.4 is 5.32 Å². The van der Waals surface area contributed by atoms with Gasteiger partial charge >= 0.3 is 0 Å². The number of rotatable bonds is 7. The molecule has 0 heterocycles. The number of sulfonamides is 1. The van der Waals surface area contributed by atoms with E-state index in [2.05, 4.69) is 11.9 Å². The minimum absolute atomic E-state index is 0.312. The third-order valence-corrected chi connectivity index (χ3v) is 5.13. The van der Waals surface area contributed by atoms with Gasteiger partial charge in [-0.05, 0) is 24.5 Å². The highest BCUT2D eigenvalue weighted by Gasteiger charge is 2.24. The second-order valence-corrected chi connectivity index (χ2v) is 6.85. The fourth-order valence-corrected chi connectivity index (χ4v) is 3.25. The molecular weight excluding hydrogens is 260 g/mol. The summed E-state index contributed by atoms with van der Waals surface area (Å²) in [6, 6.07) is 7.72. The number of benzene rings is 1. The van der Waals surface area contributed by atoms with Crippen LogP contribution in [0.1, 0.15) is 18.4 Å². The Labute approximate surface area is 115 Å². The fraction of sp³-hybridized carbons (Fsp3) is 0.429. The van der Waals surface area contributed by atoms with Crippen molar-refractivity contribution >= 4 is 10.0 Å². The van der Waals surface area contributed by atoms with Crippen molar-refractivity contribution in [1.29, 1.82) is 0 Å². The summed E-state index contributed by atoms with van der Waals surface area (Å²) in [6.45, 7) is 4.49. The molecule has 104 valence electrons. The zero-order valence-electron chi connectivity index (χ0n) is 11.2. The minimum Gasteiger partial charge on any atom is -0.310 e. The average molecular weight is 280 g/mol. The molecule has 0 bridgehead atoms. The zero-order chi connectivity index (χ0) is 13.9. The second kappa shape index (κ2) is 5.86. The molecule has 0 unspecified atom stereocenters. The second-order valence-electron chi connectivity index (χ2n) is 4.84. The molecule has 1 aliphatic rings. The molecular formula is C14H20N2O2S. The van der Waals surface area contributed by atoms with Crippen molar-refractivity contribution in [2.45, 2.75) is 30.3 Å². The van der Waals surface area contributed by atoms with Crippen molar-refractivity contribution in [1.82, 2.24) is 9.62 Å². The summed E-state index contributed by atoms with van der Waals surface area (Å²) in [5.74, 6) is 0. The molecule has 1 saturated carbocycles. The van der Waals surface area contributed by atoms with E-state index in [0.717, 1.165) is 5.56 Å². The first-order valence-electron chi connectivity index (χ1n) is 6.44. The molecule has 2 rings (SSSR count). The Kier molecular flexibility index (Phi) is 4.39. The summed E-state index contributed by atoms with van der Waals surface area (Å²) in [6.07, 6.45) is 3.96. The number of nitrogens with one attached hydrogen (secondary N) is 1. The molecule has 0 amide bonds. The highest BCUT2D eigenvalue weighted by atomic mass is 32.2. The van der Waals surface area contributed by atoms with Gasteiger partial charge in [-0.3, -0.25) is 0 Å². The minimum atomic E-state index is -3.44. The van der Waals surface area contributed by atoms with Gasteiger partial charge in [0.2, 0.25) is 10.0 Å². The van der Waals surface area contributed by atoms with E-state index in [1.54, 1.807) is 25.3 Å². The normalized spacial score (nSPS) is 15.7. The molecule has 1 aliphatic carbocycles. The van der Waals surface area contributed by atoms with Crippen molar-refractivity contribution in [2.24, 2.45) is 0 Å². The third kappa shape index (κ3) is 3.43.